The topological polar surface area (TPSA) is 63.5 Å². The maximum absolute atomic E-state index is 12.3. The fourth-order valence-corrected chi connectivity index (χ4v) is 3.65. The predicted molar refractivity (Wildman–Crippen MR) is 70.1 cm³/mol. The van der Waals surface area contributed by atoms with Gasteiger partial charge in [0, 0.05) is 6.54 Å². The molecule has 1 saturated heterocycles. The Morgan fingerprint density at radius 1 is 1.37 bits per heavy atom. The van der Waals surface area contributed by atoms with Crippen LogP contribution in [0.3, 0.4) is 0 Å². The first-order chi connectivity index (χ1) is 8.82. The minimum Gasteiger partial charge on any atom is -0.465 e. The van der Waals surface area contributed by atoms with E-state index < -0.39 is 21.5 Å². The van der Waals surface area contributed by atoms with Crippen LogP contribution < -0.4 is 0 Å². The molecule has 1 aromatic carbocycles. The van der Waals surface area contributed by atoms with Gasteiger partial charge in [-0.2, -0.15) is 4.31 Å². The van der Waals surface area contributed by atoms with Crippen molar-refractivity contribution in [3.63, 3.8) is 0 Å². The molecule has 0 amide bonds. The van der Waals surface area contributed by atoms with E-state index in [1.54, 1.807) is 38.1 Å². The van der Waals surface area contributed by atoms with E-state index in [0.717, 1.165) is 5.56 Å². The summed E-state index contributed by atoms with van der Waals surface area (Å²) in [5.41, 5.74) is -0.0717. The maximum Gasteiger partial charge on any atom is 0.328 e. The molecular weight excluding hydrogens is 266 g/mol. The first-order valence-electron chi connectivity index (χ1n) is 6.09. The van der Waals surface area contributed by atoms with E-state index in [9.17, 15) is 13.2 Å². The third kappa shape index (κ3) is 2.37. The first-order valence-corrected chi connectivity index (χ1v) is 7.53. The first kappa shape index (κ1) is 14.0. The molecule has 6 heteroatoms. The molecule has 0 aromatic heterocycles. The molecule has 0 saturated carbocycles. The van der Waals surface area contributed by atoms with Gasteiger partial charge in [-0.1, -0.05) is 17.7 Å². The lowest BCUT2D eigenvalue weighted by molar-refractivity contribution is -0.146. The van der Waals surface area contributed by atoms with E-state index in [2.05, 4.69) is 0 Å². The molecule has 1 aliphatic rings. The molecule has 0 aliphatic carbocycles. The molecule has 104 valence electrons. The highest BCUT2D eigenvalue weighted by Crippen LogP contribution is 2.39. The highest BCUT2D eigenvalue weighted by molar-refractivity contribution is 7.89. The average molecular weight is 283 g/mol. The quantitative estimate of drug-likeness (QED) is 0.617. The molecular formula is C13H17NO4S. The van der Waals surface area contributed by atoms with Crippen LogP contribution in [0, 0.1) is 6.92 Å². The fraction of sp³-hybridized carbons (Fsp3) is 0.462. The highest BCUT2D eigenvalue weighted by Gasteiger charge is 2.62. The summed E-state index contributed by atoms with van der Waals surface area (Å²) in [6.07, 6.45) is 0. The average Bonchev–Trinajstić information content (AvgIpc) is 3.05. The Hall–Kier alpha value is -1.40. The monoisotopic (exact) mass is 283 g/mol. The van der Waals surface area contributed by atoms with Gasteiger partial charge in [-0.15, -0.1) is 0 Å². The second-order valence-electron chi connectivity index (χ2n) is 4.82. The van der Waals surface area contributed by atoms with Gasteiger partial charge in [0.15, 0.2) is 0 Å². The third-order valence-electron chi connectivity index (χ3n) is 3.22. The number of hydrogen-bond donors (Lipinski definition) is 0. The van der Waals surface area contributed by atoms with Gasteiger partial charge in [0.25, 0.3) is 0 Å². The Kier molecular flexibility index (Phi) is 3.40. The van der Waals surface area contributed by atoms with Crippen molar-refractivity contribution in [3.05, 3.63) is 29.8 Å². The minimum atomic E-state index is -3.62. The molecule has 0 bridgehead atoms. The Morgan fingerprint density at radius 3 is 2.47 bits per heavy atom. The summed E-state index contributed by atoms with van der Waals surface area (Å²) in [5.74, 6) is -0.495. The summed E-state index contributed by atoms with van der Waals surface area (Å²) >= 11 is 0. The Morgan fingerprint density at radius 2 is 1.95 bits per heavy atom. The van der Waals surface area contributed by atoms with Crippen molar-refractivity contribution in [1.29, 1.82) is 0 Å². The molecule has 0 radical (unpaired) electrons. The summed E-state index contributed by atoms with van der Waals surface area (Å²) in [7, 11) is -3.62. The molecule has 5 nitrogen and oxygen atoms in total. The standard InChI is InChI=1S/C13H17NO4S/c1-4-18-12(15)13(3)9-14(13)19(16,17)11-7-5-10(2)6-8-11/h5-8H,4,9H2,1-3H3. The van der Waals surface area contributed by atoms with E-state index >= 15 is 0 Å². The van der Waals surface area contributed by atoms with Crippen molar-refractivity contribution in [3.8, 4) is 0 Å². The lowest BCUT2D eigenvalue weighted by Crippen LogP contribution is -2.31. The van der Waals surface area contributed by atoms with Gasteiger partial charge in [0.05, 0.1) is 11.5 Å². The van der Waals surface area contributed by atoms with Crippen molar-refractivity contribution in [1.82, 2.24) is 4.31 Å². The Labute approximate surface area is 113 Å². The number of carbonyl (C=O) groups excluding carboxylic acids is 1. The van der Waals surface area contributed by atoms with Crippen LogP contribution in [0.25, 0.3) is 0 Å². The molecule has 0 spiro atoms. The number of rotatable bonds is 4. The number of nitrogens with zero attached hydrogens (tertiary/aromatic N) is 1. The SMILES string of the molecule is CCOC(=O)C1(C)CN1S(=O)(=O)c1ccc(C)cc1. The minimum absolute atomic E-state index is 0.169. The summed E-state index contributed by atoms with van der Waals surface area (Å²) in [5, 5.41) is 0. The van der Waals surface area contributed by atoms with Crippen LogP contribution in [-0.2, 0) is 19.6 Å². The normalized spacial score (nSPS) is 25.9. The molecule has 1 fully saturated rings. The van der Waals surface area contributed by atoms with Crippen molar-refractivity contribution in [2.24, 2.45) is 0 Å². The van der Waals surface area contributed by atoms with Gasteiger partial charge in [-0.3, -0.25) is 0 Å². The van der Waals surface area contributed by atoms with Gasteiger partial charge in [-0.25, -0.2) is 13.2 Å². The molecule has 1 heterocycles. The highest BCUT2D eigenvalue weighted by atomic mass is 32.2. The molecule has 19 heavy (non-hydrogen) atoms. The molecule has 1 aromatic rings. The van der Waals surface area contributed by atoms with E-state index in [-0.39, 0.29) is 18.0 Å². The number of carbonyl (C=O) groups is 1. The van der Waals surface area contributed by atoms with Crippen molar-refractivity contribution in [2.45, 2.75) is 31.2 Å². The largest absolute Gasteiger partial charge is 0.465 e. The molecule has 0 N–H and O–H groups in total. The fourth-order valence-electron chi connectivity index (χ4n) is 1.88. The molecule has 1 aliphatic heterocycles. The van der Waals surface area contributed by atoms with Gasteiger partial charge in [0.2, 0.25) is 10.0 Å². The van der Waals surface area contributed by atoms with Crippen LogP contribution in [0.2, 0.25) is 0 Å². The number of ether oxygens (including phenoxy) is 1. The van der Waals surface area contributed by atoms with Crippen LogP contribution in [0.1, 0.15) is 19.4 Å². The van der Waals surface area contributed by atoms with Gasteiger partial charge >= 0.3 is 5.97 Å². The second-order valence-corrected chi connectivity index (χ2v) is 6.68. The Bertz CT molecular complexity index is 594. The van der Waals surface area contributed by atoms with Crippen LogP contribution in [0.15, 0.2) is 29.2 Å². The van der Waals surface area contributed by atoms with Gasteiger partial charge < -0.3 is 4.74 Å². The summed E-state index contributed by atoms with van der Waals surface area (Å²) in [6, 6.07) is 6.57. The van der Waals surface area contributed by atoms with E-state index in [4.69, 9.17) is 4.74 Å². The van der Waals surface area contributed by atoms with Gasteiger partial charge in [-0.05, 0) is 32.9 Å². The van der Waals surface area contributed by atoms with E-state index in [1.807, 2.05) is 6.92 Å². The number of sulfonamides is 1. The molecule has 2 rings (SSSR count). The number of benzene rings is 1. The molecule has 2 atom stereocenters. The number of aryl methyl sites for hydroxylation is 1. The lowest BCUT2D eigenvalue weighted by atomic mass is 10.2. The van der Waals surface area contributed by atoms with Crippen LogP contribution >= 0.6 is 0 Å². The maximum atomic E-state index is 12.3. The zero-order valence-corrected chi connectivity index (χ0v) is 12.0. The Balaban J connectivity index is 2.24. The summed E-state index contributed by atoms with van der Waals surface area (Å²) < 4.78 is 30.8. The van der Waals surface area contributed by atoms with E-state index in [1.165, 1.54) is 4.31 Å². The van der Waals surface area contributed by atoms with E-state index in [0.29, 0.717) is 0 Å². The van der Waals surface area contributed by atoms with Crippen molar-refractivity contribution < 1.29 is 17.9 Å². The van der Waals surface area contributed by atoms with Crippen molar-refractivity contribution >= 4 is 16.0 Å². The third-order valence-corrected chi connectivity index (χ3v) is 5.20. The van der Waals surface area contributed by atoms with Crippen molar-refractivity contribution in [2.75, 3.05) is 13.2 Å². The van der Waals surface area contributed by atoms with Crippen LogP contribution in [0.4, 0.5) is 0 Å². The second kappa shape index (κ2) is 4.61. The zero-order valence-electron chi connectivity index (χ0n) is 11.2. The number of hydrogen-bond acceptors (Lipinski definition) is 4. The predicted octanol–water partition coefficient (Wildman–Crippen LogP) is 1.32. The lowest BCUT2D eigenvalue weighted by Gasteiger charge is -2.12. The zero-order chi connectivity index (χ0) is 14.3. The molecule has 2 unspecified atom stereocenters. The van der Waals surface area contributed by atoms with Gasteiger partial charge in [0.1, 0.15) is 5.54 Å². The summed E-state index contributed by atoms with van der Waals surface area (Å²) in [6.45, 7) is 5.57. The van der Waals surface area contributed by atoms with Crippen LogP contribution in [-0.4, -0.2) is 37.4 Å². The number of esters is 1. The summed E-state index contributed by atoms with van der Waals surface area (Å²) in [4.78, 5) is 11.9. The smallest absolute Gasteiger partial charge is 0.328 e. The van der Waals surface area contributed by atoms with Crippen LogP contribution in [0.5, 0.6) is 0 Å².